The van der Waals surface area contributed by atoms with Gasteiger partial charge in [-0.05, 0) is 43.8 Å². The summed E-state index contributed by atoms with van der Waals surface area (Å²) in [4.78, 5) is 46.9. The molecule has 2 aromatic carbocycles. The highest BCUT2D eigenvalue weighted by atomic mass is 35.5. The first kappa shape index (κ1) is 23.5. The van der Waals surface area contributed by atoms with Crippen molar-refractivity contribution < 1.29 is 14.3 Å². The van der Waals surface area contributed by atoms with Crippen LogP contribution in [0.3, 0.4) is 0 Å². The minimum Gasteiger partial charge on any atom is -0.463 e. The summed E-state index contributed by atoms with van der Waals surface area (Å²) in [5.41, 5.74) is 1.78. The molecule has 3 N–H and O–H groups in total. The van der Waals surface area contributed by atoms with E-state index in [-0.39, 0.29) is 25.3 Å². The fourth-order valence-corrected chi connectivity index (χ4v) is 4.02. The Hall–Kier alpha value is -3.69. The summed E-state index contributed by atoms with van der Waals surface area (Å²) in [6.07, 6.45) is 0. The van der Waals surface area contributed by atoms with E-state index in [1.165, 1.54) is 0 Å². The molecule has 1 aromatic heterocycles. The summed E-state index contributed by atoms with van der Waals surface area (Å²) < 4.78 is 5.29. The van der Waals surface area contributed by atoms with Crippen molar-refractivity contribution in [3.8, 4) is 0 Å². The van der Waals surface area contributed by atoms with Crippen LogP contribution in [0.15, 0.2) is 64.6 Å². The number of urea groups is 1. The number of carbonyl (C=O) groups excluding carboxylic acids is 2. The first-order valence-corrected chi connectivity index (χ1v) is 11.1. The van der Waals surface area contributed by atoms with Gasteiger partial charge in [0.05, 0.1) is 35.7 Å². The molecule has 9 nitrogen and oxygen atoms in total. The number of likely N-dealkylation sites (N-methyl/N-ethyl adjacent to an activating group) is 1. The molecule has 34 heavy (non-hydrogen) atoms. The van der Waals surface area contributed by atoms with E-state index in [0.29, 0.717) is 38.6 Å². The number of hydrogen-bond donors (Lipinski definition) is 3. The third kappa shape index (κ3) is 5.11. The van der Waals surface area contributed by atoms with Gasteiger partial charge in [-0.3, -0.25) is 9.69 Å². The summed E-state index contributed by atoms with van der Waals surface area (Å²) >= 11 is 6.01. The van der Waals surface area contributed by atoms with Gasteiger partial charge in [0.15, 0.2) is 0 Å². The molecule has 4 rings (SSSR count). The number of amides is 2. The van der Waals surface area contributed by atoms with Crippen LogP contribution in [0.5, 0.6) is 0 Å². The number of ether oxygens (including phenoxy) is 1. The minimum absolute atomic E-state index is 0.189. The summed E-state index contributed by atoms with van der Waals surface area (Å²) in [5.74, 6) is -0.0606. The number of aromatic amines is 1. The van der Waals surface area contributed by atoms with Crippen LogP contribution in [0, 0.1) is 0 Å². The molecule has 0 bridgehead atoms. The van der Waals surface area contributed by atoms with Gasteiger partial charge in [-0.1, -0.05) is 35.9 Å². The van der Waals surface area contributed by atoms with Crippen molar-refractivity contribution in [1.29, 1.82) is 0 Å². The molecule has 0 aliphatic carbocycles. The van der Waals surface area contributed by atoms with Crippen LogP contribution in [0.1, 0.15) is 24.4 Å². The Balaban J connectivity index is 1.65. The van der Waals surface area contributed by atoms with E-state index in [0.717, 1.165) is 0 Å². The Morgan fingerprint density at radius 2 is 1.85 bits per heavy atom. The molecule has 0 spiro atoms. The second kappa shape index (κ2) is 10.1. The quantitative estimate of drug-likeness (QED) is 0.447. The molecule has 3 aromatic rings. The summed E-state index contributed by atoms with van der Waals surface area (Å²) in [5, 5.41) is 6.59. The average Bonchev–Trinajstić information content (AvgIpc) is 2.79. The molecule has 0 saturated heterocycles. The maximum absolute atomic E-state index is 12.9. The highest BCUT2D eigenvalue weighted by molar-refractivity contribution is 6.30. The molecule has 10 heteroatoms. The SMILES string of the molecule is CCOC(=O)C1=C(CN(C)Cc2nc3ccccc3c(=O)[nH]2)NC(=O)N[C@@H]1c1ccc(Cl)cc1. The lowest BCUT2D eigenvalue weighted by Crippen LogP contribution is -2.48. The first-order valence-electron chi connectivity index (χ1n) is 10.7. The molecule has 2 amide bonds. The molecular formula is C24H24ClN5O4. The van der Waals surface area contributed by atoms with Crippen LogP contribution >= 0.6 is 11.6 Å². The predicted molar refractivity (Wildman–Crippen MR) is 128 cm³/mol. The molecule has 1 aliphatic rings. The highest BCUT2D eigenvalue weighted by Crippen LogP contribution is 2.29. The number of nitrogens with one attached hydrogen (secondary N) is 3. The maximum atomic E-state index is 12.9. The van der Waals surface area contributed by atoms with Gasteiger partial charge >= 0.3 is 12.0 Å². The Morgan fingerprint density at radius 1 is 1.12 bits per heavy atom. The van der Waals surface area contributed by atoms with Gasteiger partial charge in [0.1, 0.15) is 5.82 Å². The number of hydrogen-bond acceptors (Lipinski definition) is 6. The first-order chi connectivity index (χ1) is 16.4. The molecule has 0 unspecified atom stereocenters. The zero-order valence-corrected chi connectivity index (χ0v) is 19.5. The van der Waals surface area contributed by atoms with Gasteiger partial charge < -0.3 is 20.4 Å². The number of nitrogens with zero attached hydrogens (tertiary/aromatic N) is 2. The zero-order valence-electron chi connectivity index (χ0n) is 18.7. The van der Waals surface area contributed by atoms with E-state index in [9.17, 15) is 14.4 Å². The van der Waals surface area contributed by atoms with Crippen LogP contribution in [-0.4, -0.2) is 47.1 Å². The van der Waals surface area contributed by atoms with Crippen LogP contribution in [0.4, 0.5) is 4.79 Å². The van der Waals surface area contributed by atoms with Crippen molar-refractivity contribution in [3.05, 3.63) is 86.6 Å². The van der Waals surface area contributed by atoms with Crippen molar-refractivity contribution in [1.82, 2.24) is 25.5 Å². The van der Waals surface area contributed by atoms with E-state index in [1.54, 1.807) is 56.4 Å². The van der Waals surface area contributed by atoms with Gasteiger partial charge in [-0.25, -0.2) is 14.6 Å². The molecule has 2 heterocycles. The highest BCUT2D eigenvalue weighted by Gasteiger charge is 2.34. The molecule has 176 valence electrons. The fourth-order valence-electron chi connectivity index (χ4n) is 3.89. The lowest BCUT2D eigenvalue weighted by Gasteiger charge is -2.31. The third-order valence-electron chi connectivity index (χ3n) is 5.36. The standard InChI is InChI=1S/C24H24ClN5O4/c1-3-34-23(32)20-18(27-24(33)29-21(20)14-8-10-15(25)11-9-14)12-30(2)13-19-26-17-7-5-4-6-16(17)22(31)28-19/h4-11,21H,3,12-13H2,1-2H3,(H,26,28,31)(H2,27,29,33)/t21-/m1/s1. The lowest BCUT2D eigenvalue weighted by atomic mass is 9.95. The van der Waals surface area contributed by atoms with Crippen LogP contribution in [-0.2, 0) is 16.1 Å². The molecule has 1 aliphatic heterocycles. The molecule has 0 fully saturated rings. The Labute approximate surface area is 200 Å². The normalized spacial score (nSPS) is 15.9. The number of esters is 1. The Morgan fingerprint density at radius 3 is 2.59 bits per heavy atom. The van der Waals surface area contributed by atoms with Crippen molar-refractivity contribution in [3.63, 3.8) is 0 Å². The Bertz CT molecular complexity index is 1320. The molecule has 0 saturated carbocycles. The average molecular weight is 482 g/mol. The third-order valence-corrected chi connectivity index (χ3v) is 5.61. The molecular weight excluding hydrogens is 458 g/mol. The van der Waals surface area contributed by atoms with Crippen LogP contribution in [0.2, 0.25) is 5.02 Å². The number of rotatable bonds is 7. The van der Waals surface area contributed by atoms with Gasteiger partial charge in [0.25, 0.3) is 5.56 Å². The maximum Gasteiger partial charge on any atom is 0.338 e. The number of benzene rings is 2. The summed E-state index contributed by atoms with van der Waals surface area (Å²) in [6, 6.07) is 12.9. The number of carbonyl (C=O) groups is 2. The van der Waals surface area contributed by atoms with E-state index in [1.807, 2.05) is 11.0 Å². The van der Waals surface area contributed by atoms with Crippen LogP contribution in [0.25, 0.3) is 10.9 Å². The number of aromatic nitrogens is 2. The molecule has 1 atom stereocenters. The van der Waals surface area contributed by atoms with Crippen molar-refractivity contribution in [2.24, 2.45) is 0 Å². The smallest absolute Gasteiger partial charge is 0.338 e. The van der Waals surface area contributed by atoms with Crippen LogP contribution < -0.4 is 16.2 Å². The lowest BCUT2D eigenvalue weighted by molar-refractivity contribution is -0.139. The fraction of sp³-hybridized carbons (Fsp3) is 0.250. The van der Waals surface area contributed by atoms with E-state index >= 15 is 0 Å². The second-order valence-corrected chi connectivity index (χ2v) is 8.33. The number of halogens is 1. The van der Waals surface area contributed by atoms with Crippen molar-refractivity contribution >= 4 is 34.5 Å². The monoisotopic (exact) mass is 481 g/mol. The number of H-pyrrole nitrogens is 1. The Kier molecular flexibility index (Phi) is 6.95. The van der Waals surface area contributed by atoms with E-state index in [4.69, 9.17) is 16.3 Å². The van der Waals surface area contributed by atoms with E-state index in [2.05, 4.69) is 20.6 Å². The van der Waals surface area contributed by atoms with E-state index < -0.39 is 18.0 Å². The van der Waals surface area contributed by atoms with Gasteiger partial charge in [0.2, 0.25) is 0 Å². The second-order valence-electron chi connectivity index (χ2n) is 7.90. The van der Waals surface area contributed by atoms with Gasteiger partial charge in [-0.2, -0.15) is 0 Å². The largest absolute Gasteiger partial charge is 0.463 e. The van der Waals surface area contributed by atoms with Gasteiger partial charge in [0, 0.05) is 17.3 Å². The topological polar surface area (TPSA) is 116 Å². The van der Waals surface area contributed by atoms with Crippen molar-refractivity contribution in [2.75, 3.05) is 20.2 Å². The number of para-hydroxylation sites is 1. The minimum atomic E-state index is -0.702. The summed E-state index contributed by atoms with van der Waals surface area (Å²) in [7, 11) is 1.80. The predicted octanol–water partition coefficient (Wildman–Crippen LogP) is 2.88. The zero-order chi connectivity index (χ0) is 24.2. The van der Waals surface area contributed by atoms with Crippen molar-refractivity contribution in [2.45, 2.75) is 19.5 Å². The summed E-state index contributed by atoms with van der Waals surface area (Å²) in [6.45, 7) is 2.41. The number of fused-ring (bicyclic) bond motifs is 1. The van der Waals surface area contributed by atoms with Gasteiger partial charge in [-0.15, -0.1) is 0 Å². The molecule has 0 radical (unpaired) electrons.